The number of thiazole rings is 1. The van der Waals surface area contributed by atoms with Crippen molar-refractivity contribution in [1.29, 1.82) is 0 Å². The Morgan fingerprint density at radius 3 is 2.56 bits per heavy atom. The maximum atomic E-state index is 13.8. The molecule has 2 aromatic heterocycles. The van der Waals surface area contributed by atoms with Crippen molar-refractivity contribution in [2.24, 2.45) is 4.99 Å². The molecular formula is C29H24N2O7S. The summed E-state index contributed by atoms with van der Waals surface area (Å²) in [6.07, 6.45) is 3.09. The molecule has 0 bridgehead atoms. The predicted molar refractivity (Wildman–Crippen MR) is 144 cm³/mol. The van der Waals surface area contributed by atoms with E-state index in [0.29, 0.717) is 43.2 Å². The minimum Gasteiger partial charge on any atom is -0.497 e. The first-order valence-corrected chi connectivity index (χ1v) is 12.9. The number of carbonyl (C=O) groups is 2. The van der Waals surface area contributed by atoms with Crippen molar-refractivity contribution in [2.45, 2.75) is 19.9 Å². The highest BCUT2D eigenvalue weighted by Gasteiger charge is 2.33. The van der Waals surface area contributed by atoms with Gasteiger partial charge in [0.25, 0.3) is 5.56 Å². The third-order valence-electron chi connectivity index (χ3n) is 6.04. The van der Waals surface area contributed by atoms with Crippen molar-refractivity contribution in [3.05, 3.63) is 115 Å². The third-order valence-corrected chi connectivity index (χ3v) is 7.02. The molecular weight excluding hydrogens is 520 g/mol. The van der Waals surface area contributed by atoms with Crippen LogP contribution in [0.2, 0.25) is 0 Å². The Labute approximate surface area is 226 Å². The monoisotopic (exact) mass is 544 g/mol. The van der Waals surface area contributed by atoms with Gasteiger partial charge in [0, 0.05) is 0 Å². The number of hydrogen-bond donors (Lipinski definition) is 0. The van der Waals surface area contributed by atoms with E-state index in [1.807, 2.05) is 12.1 Å². The topological polar surface area (TPSA) is 109 Å². The Morgan fingerprint density at radius 2 is 1.87 bits per heavy atom. The molecule has 0 N–H and O–H groups in total. The largest absolute Gasteiger partial charge is 0.497 e. The number of aromatic nitrogens is 1. The Balaban J connectivity index is 1.58. The van der Waals surface area contributed by atoms with E-state index in [4.69, 9.17) is 18.6 Å². The molecule has 0 fully saturated rings. The smallest absolute Gasteiger partial charge is 0.379 e. The van der Waals surface area contributed by atoms with Crippen LogP contribution in [0, 0.1) is 0 Å². The molecule has 198 valence electrons. The lowest BCUT2D eigenvalue weighted by molar-refractivity contribution is -0.139. The first-order chi connectivity index (χ1) is 18.9. The third kappa shape index (κ3) is 5.19. The zero-order valence-electron chi connectivity index (χ0n) is 21.4. The highest BCUT2D eigenvalue weighted by Crippen LogP contribution is 2.31. The molecule has 1 atom stereocenters. The Kier molecular flexibility index (Phi) is 7.29. The van der Waals surface area contributed by atoms with Gasteiger partial charge in [-0.05, 0) is 67.4 Å². The second-order valence-electron chi connectivity index (χ2n) is 8.51. The predicted octanol–water partition coefficient (Wildman–Crippen LogP) is 3.62. The number of rotatable bonds is 7. The zero-order valence-corrected chi connectivity index (χ0v) is 22.2. The SMILES string of the molecule is CCOC(=O)C1=C(C)N=c2sc(=Cc3cccc(OC(=O)c4ccco4)c3)c(=O)n2[C@H]1c1ccc(OC)cc1. The maximum Gasteiger partial charge on any atom is 0.379 e. The Morgan fingerprint density at radius 1 is 1.08 bits per heavy atom. The number of allylic oxidation sites excluding steroid dienone is 1. The molecule has 39 heavy (non-hydrogen) atoms. The molecule has 1 aliphatic heterocycles. The second-order valence-corrected chi connectivity index (χ2v) is 9.52. The van der Waals surface area contributed by atoms with Gasteiger partial charge >= 0.3 is 11.9 Å². The molecule has 0 aliphatic carbocycles. The summed E-state index contributed by atoms with van der Waals surface area (Å²) in [6, 6.07) is 16.4. The van der Waals surface area contributed by atoms with E-state index < -0.39 is 18.0 Å². The first-order valence-electron chi connectivity index (χ1n) is 12.1. The molecule has 5 rings (SSSR count). The van der Waals surface area contributed by atoms with Gasteiger partial charge in [0.1, 0.15) is 11.5 Å². The fraction of sp³-hybridized carbons (Fsp3) is 0.172. The van der Waals surface area contributed by atoms with Gasteiger partial charge in [-0.1, -0.05) is 35.6 Å². The molecule has 0 unspecified atom stereocenters. The normalized spacial score (nSPS) is 14.9. The molecule has 0 radical (unpaired) electrons. The van der Waals surface area contributed by atoms with Crippen molar-refractivity contribution < 1.29 is 28.2 Å². The Hall–Kier alpha value is -4.70. The lowest BCUT2D eigenvalue weighted by Crippen LogP contribution is -2.39. The molecule has 0 saturated heterocycles. The molecule has 0 spiro atoms. The number of fused-ring (bicyclic) bond motifs is 1. The summed E-state index contributed by atoms with van der Waals surface area (Å²) in [5.41, 5.74) is 1.83. The summed E-state index contributed by atoms with van der Waals surface area (Å²) < 4.78 is 23.0. The van der Waals surface area contributed by atoms with Gasteiger partial charge in [-0.15, -0.1) is 0 Å². The summed E-state index contributed by atoms with van der Waals surface area (Å²) in [6.45, 7) is 3.65. The van der Waals surface area contributed by atoms with Crippen LogP contribution < -0.4 is 24.4 Å². The Bertz CT molecular complexity index is 1750. The summed E-state index contributed by atoms with van der Waals surface area (Å²) >= 11 is 1.21. The van der Waals surface area contributed by atoms with Gasteiger partial charge in [-0.25, -0.2) is 14.6 Å². The van der Waals surface area contributed by atoms with Crippen molar-refractivity contribution >= 4 is 29.4 Å². The van der Waals surface area contributed by atoms with E-state index in [9.17, 15) is 14.4 Å². The second kappa shape index (κ2) is 11.0. The maximum absolute atomic E-state index is 13.8. The van der Waals surface area contributed by atoms with E-state index in [0.717, 1.165) is 0 Å². The lowest BCUT2D eigenvalue weighted by atomic mass is 9.96. The lowest BCUT2D eigenvalue weighted by Gasteiger charge is -2.24. The van der Waals surface area contributed by atoms with Crippen molar-refractivity contribution in [3.8, 4) is 11.5 Å². The van der Waals surface area contributed by atoms with Crippen LogP contribution in [-0.2, 0) is 9.53 Å². The van der Waals surface area contributed by atoms with E-state index in [2.05, 4.69) is 4.99 Å². The fourth-order valence-corrected chi connectivity index (χ4v) is 5.31. The zero-order chi connectivity index (χ0) is 27.5. The molecule has 10 heteroatoms. The molecule has 4 aromatic rings. The van der Waals surface area contributed by atoms with Crippen molar-refractivity contribution in [1.82, 2.24) is 4.57 Å². The van der Waals surface area contributed by atoms with Crippen LogP contribution in [0.5, 0.6) is 11.5 Å². The summed E-state index contributed by atoms with van der Waals surface area (Å²) in [7, 11) is 1.57. The number of furan rings is 1. The molecule has 3 heterocycles. The van der Waals surface area contributed by atoms with E-state index >= 15 is 0 Å². The molecule has 9 nitrogen and oxygen atoms in total. The molecule has 1 aliphatic rings. The fourth-order valence-electron chi connectivity index (χ4n) is 4.26. The van der Waals surface area contributed by atoms with Gasteiger partial charge in [0.2, 0.25) is 5.76 Å². The van der Waals surface area contributed by atoms with Crippen LogP contribution in [0.25, 0.3) is 6.08 Å². The average Bonchev–Trinajstić information content (AvgIpc) is 3.57. The number of nitrogens with zero attached hydrogens (tertiary/aromatic N) is 2. The minimum absolute atomic E-state index is 0.0834. The molecule has 2 aromatic carbocycles. The van der Waals surface area contributed by atoms with Gasteiger partial charge in [-0.3, -0.25) is 9.36 Å². The van der Waals surface area contributed by atoms with Crippen LogP contribution in [0.15, 0.2) is 92.4 Å². The number of hydrogen-bond acceptors (Lipinski definition) is 9. The quantitative estimate of drug-likeness (QED) is 0.258. The number of benzene rings is 2. The van der Waals surface area contributed by atoms with Gasteiger partial charge in [0.15, 0.2) is 4.80 Å². The van der Waals surface area contributed by atoms with Crippen LogP contribution in [0.3, 0.4) is 0 Å². The van der Waals surface area contributed by atoms with Gasteiger partial charge in [0.05, 0.1) is 41.8 Å². The average molecular weight is 545 g/mol. The van der Waals surface area contributed by atoms with Crippen LogP contribution in [0.1, 0.15) is 41.6 Å². The van der Waals surface area contributed by atoms with E-state index in [-0.39, 0.29) is 17.9 Å². The summed E-state index contributed by atoms with van der Waals surface area (Å²) in [4.78, 5) is 44.1. The minimum atomic E-state index is -0.728. The molecule has 0 saturated carbocycles. The summed E-state index contributed by atoms with van der Waals surface area (Å²) in [5, 5.41) is 0. The molecule has 0 amide bonds. The number of esters is 2. The highest BCUT2D eigenvalue weighted by molar-refractivity contribution is 7.07. The van der Waals surface area contributed by atoms with Gasteiger partial charge in [-0.2, -0.15) is 0 Å². The number of methoxy groups -OCH3 is 1. The number of ether oxygens (including phenoxy) is 3. The standard InChI is InChI=1S/C29H24N2O7S/c1-4-36-28(34)24-17(2)30-29-31(25(24)19-10-12-20(35-3)13-11-19)26(32)23(39-29)16-18-7-5-8-21(15-18)38-27(33)22-9-6-14-37-22/h5-16,25H,4H2,1-3H3/t25-/m0/s1. The van der Waals surface area contributed by atoms with Gasteiger partial charge < -0.3 is 18.6 Å². The van der Waals surface area contributed by atoms with Crippen LogP contribution in [-0.4, -0.2) is 30.2 Å². The first kappa shape index (κ1) is 25.9. The van der Waals surface area contributed by atoms with Crippen LogP contribution in [0.4, 0.5) is 0 Å². The van der Waals surface area contributed by atoms with Crippen molar-refractivity contribution in [2.75, 3.05) is 13.7 Å². The van der Waals surface area contributed by atoms with Crippen molar-refractivity contribution in [3.63, 3.8) is 0 Å². The summed E-state index contributed by atoms with van der Waals surface area (Å²) in [5.74, 6) is -0.121. The van der Waals surface area contributed by atoms with E-state index in [1.54, 1.807) is 69.5 Å². The van der Waals surface area contributed by atoms with Crippen LogP contribution >= 0.6 is 11.3 Å². The highest BCUT2D eigenvalue weighted by atomic mass is 32.1. The number of carbonyl (C=O) groups excluding carboxylic acids is 2. The van der Waals surface area contributed by atoms with E-state index in [1.165, 1.54) is 28.2 Å².